The van der Waals surface area contributed by atoms with Crippen molar-refractivity contribution >= 4 is 11.8 Å². The maximum atomic E-state index is 12.1. The number of rotatable bonds is 4. The van der Waals surface area contributed by atoms with E-state index in [9.17, 15) is 4.79 Å². The van der Waals surface area contributed by atoms with Gasteiger partial charge in [0.15, 0.2) is 0 Å². The Bertz CT molecular complexity index is 627. The summed E-state index contributed by atoms with van der Waals surface area (Å²) >= 11 is 0. The predicted molar refractivity (Wildman–Crippen MR) is 82.9 cm³/mol. The smallest absolute Gasteiger partial charge is 0.341 e. The lowest BCUT2D eigenvalue weighted by atomic mass is 10.1. The second kappa shape index (κ2) is 6.60. The van der Waals surface area contributed by atoms with Gasteiger partial charge >= 0.3 is 5.97 Å². The molecule has 116 valence electrons. The van der Waals surface area contributed by atoms with Crippen LogP contribution in [0.3, 0.4) is 0 Å². The summed E-state index contributed by atoms with van der Waals surface area (Å²) in [5.74, 6) is 0.393. The van der Waals surface area contributed by atoms with Crippen molar-refractivity contribution in [1.29, 1.82) is 0 Å². The Balaban J connectivity index is 1.83. The minimum absolute atomic E-state index is 0.306. The summed E-state index contributed by atoms with van der Waals surface area (Å²) in [7, 11) is 0. The fourth-order valence-electron chi connectivity index (χ4n) is 2.88. The zero-order valence-electron chi connectivity index (χ0n) is 12.7. The van der Waals surface area contributed by atoms with Crippen molar-refractivity contribution in [3.8, 4) is 0 Å². The molecule has 6 nitrogen and oxygen atoms in total. The van der Waals surface area contributed by atoms with Gasteiger partial charge in [0.1, 0.15) is 11.4 Å². The lowest BCUT2D eigenvalue weighted by molar-refractivity contribution is 0.0526. The van der Waals surface area contributed by atoms with Gasteiger partial charge in [-0.2, -0.15) is 5.10 Å². The van der Waals surface area contributed by atoms with E-state index in [4.69, 9.17) is 4.74 Å². The standard InChI is InChI=1S/C16H20N4O2/c1-2-22-16(21)14-7-3-8-17-15(14)19-10-4-6-13(12-19)20-11-5-9-18-20/h3,5,7-9,11,13H,2,4,6,10,12H2,1H3/t13-/m1/s1. The van der Waals surface area contributed by atoms with Crippen LogP contribution in [-0.4, -0.2) is 40.4 Å². The minimum atomic E-state index is -0.313. The summed E-state index contributed by atoms with van der Waals surface area (Å²) in [6.07, 6.45) is 7.63. The van der Waals surface area contributed by atoms with Crippen molar-refractivity contribution in [3.05, 3.63) is 42.4 Å². The maximum absolute atomic E-state index is 12.1. The Morgan fingerprint density at radius 1 is 1.41 bits per heavy atom. The fourth-order valence-corrected chi connectivity index (χ4v) is 2.88. The molecular weight excluding hydrogens is 280 g/mol. The summed E-state index contributed by atoms with van der Waals surface area (Å²) in [6.45, 7) is 3.86. The van der Waals surface area contributed by atoms with Gasteiger partial charge in [0.25, 0.3) is 0 Å². The molecule has 0 amide bonds. The quantitative estimate of drug-likeness (QED) is 0.811. The van der Waals surface area contributed by atoms with Crippen LogP contribution in [0.2, 0.25) is 0 Å². The molecule has 1 aliphatic rings. The molecular formula is C16H20N4O2. The molecule has 0 aliphatic carbocycles. The topological polar surface area (TPSA) is 60.2 Å². The fraction of sp³-hybridized carbons (Fsp3) is 0.438. The molecule has 1 fully saturated rings. The van der Waals surface area contributed by atoms with Gasteiger partial charge in [0.2, 0.25) is 0 Å². The Morgan fingerprint density at radius 2 is 2.32 bits per heavy atom. The van der Waals surface area contributed by atoms with Crippen molar-refractivity contribution < 1.29 is 9.53 Å². The Hall–Kier alpha value is -2.37. The molecule has 0 N–H and O–H groups in total. The van der Waals surface area contributed by atoms with Crippen LogP contribution in [0.15, 0.2) is 36.8 Å². The average Bonchev–Trinajstić information content (AvgIpc) is 3.10. The van der Waals surface area contributed by atoms with E-state index in [2.05, 4.69) is 15.0 Å². The first kappa shape index (κ1) is 14.6. The second-order valence-corrected chi connectivity index (χ2v) is 5.32. The first-order valence-corrected chi connectivity index (χ1v) is 7.65. The molecule has 0 bridgehead atoms. The Kier molecular flexibility index (Phi) is 4.37. The molecule has 6 heteroatoms. The molecule has 0 unspecified atom stereocenters. The van der Waals surface area contributed by atoms with E-state index in [1.165, 1.54) is 0 Å². The summed E-state index contributed by atoms with van der Waals surface area (Å²) in [4.78, 5) is 18.7. The maximum Gasteiger partial charge on any atom is 0.341 e. The lowest BCUT2D eigenvalue weighted by Crippen LogP contribution is -2.38. The van der Waals surface area contributed by atoms with E-state index in [1.54, 1.807) is 24.5 Å². The molecule has 1 aliphatic heterocycles. The van der Waals surface area contributed by atoms with E-state index >= 15 is 0 Å². The third-order valence-electron chi connectivity index (χ3n) is 3.88. The molecule has 2 aromatic rings. The number of pyridine rings is 1. The number of hydrogen-bond donors (Lipinski definition) is 0. The number of hydrogen-bond acceptors (Lipinski definition) is 5. The van der Waals surface area contributed by atoms with E-state index in [-0.39, 0.29) is 5.97 Å². The van der Waals surface area contributed by atoms with Crippen molar-refractivity contribution in [3.63, 3.8) is 0 Å². The highest BCUT2D eigenvalue weighted by atomic mass is 16.5. The Morgan fingerprint density at radius 3 is 3.09 bits per heavy atom. The van der Waals surface area contributed by atoms with E-state index in [1.807, 2.05) is 23.9 Å². The van der Waals surface area contributed by atoms with Gasteiger partial charge in [-0.1, -0.05) is 0 Å². The van der Waals surface area contributed by atoms with Gasteiger partial charge in [0.05, 0.1) is 12.6 Å². The summed E-state index contributed by atoms with van der Waals surface area (Å²) in [5, 5.41) is 4.33. The minimum Gasteiger partial charge on any atom is -0.462 e. The molecule has 22 heavy (non-hydrogen) atoms. The van der Waals surface area contributed by atoms with Gasteiger partial charge < -0.3 is 9.64 Å². The summed E-state index contributed by atoms with van der Waals surface area (Å²) in [6, 6.07) is 5.78. The van der Waals surface area contributed by atoms with Crippen LogP contribution in [-0.2, 0) is 4.74 Å². The molecule has 0 aromatic carbocycles. The molecule has 3 rings (SSSR count). The number of ether oxygens (including phenoxy) is 1. The third kappa shape index (κ3) is 2.95. The second-order valence-electron chi connectivity index (χ2n) is 5.32. The number of carbonyl (C=O) groups is 1. The first-order chi connectivity index (χ1) is 10.8. The monoisotopic (exact) mass is 300 g/mol. The van der Waals surface area contributed by atoms with Gasteiger partial charge in [-0.05, 0) is 38.0 Å². The van der Waals surface area contributed by atoms with Crippen LogP contribution >= 0.6 is 0 Å². The van der Waals surface area contributed by atoms with Crippen molar-refractivity contribution in [2.45, 2.75) is 25.8 Å². The average molecular weight is 300 g/mol. The van der Waals surface area contributed by atoms with Gasteiger partial charge in [-0.3, -0.25) is 4.68 Å². The molecule has 2 aromatic heterocycles. The number of carbonyl (C=O) groups excluding carboxylic acids is 1. The van der Waals surface area contributed by atoms with Crippen LogP contribution in [0.25, 0.3) is 0 Å². The predicted octanol–water partition coefficient (Wildman–Crippen LogP) is 2.30. The first-order valence-electron chi connectivity index (χ1n) is 7.65. The molecule has 0 saturated carbocycles. The summed E-state index contributed by atoms with van der Waals surface area (Å²) in [5.41, 5.74) is 0.533. The molecule has 0 radical (unpaired) electrons. The number of nitrogens with zero attached hydrogens (tertiary/aromatic N) is 4. The van der Waals surface area contributed by atoms with Crippen molar-refractivity contribution in [2.75, 3.05) is 24.6 Å². The highest BCUT2D eigenvalue weighted by Gasteiger charge is 2.26. The van der Waals surface area contributed by atoms with Crippen LogP contribution < -0.4 is 4.90 Å². The molecule has 1 atom stereocenters. The number of anilines is 1. The molecule has 0 spiro atoms. The van der Waals surface area contributed by atoms with Crippen LogP contribution in [0, 0.1) is 0 Å². The van der Waals surface area contributed by atoms with E-state index < -0.39 is 0 Å². The normalized spacial score (nSPS) is 18.2. The van der Waals surface area contributed by atoms with Crippen molar-refractivity contribution in [1.82, 2.24) is 14.8 Å². The number of piperidine rings is 1. The highest BCUT2D eigenvalue weighted by molar-refractivity contribution is 5.94. The zero-order valence-corrected chi connectivity index (χ0v) is 12.7. The highest BCUT2D eigenvalue weighted by Crippen LogP contribution is 2.27. The van der Waals surface area contributed by atoms with E-state index in [0.29, 0.717) is 24.0 Å². The van der Waals surface area contributed by atoms with Crippen LogP contribution in [0.1, 0.15) is 36.2 Å². The van der Waals surface area contributed by atoms with Crippen LogP contribution in [0.4, 0.5) is 5.82 Å². The molecule has 3 heterocycles. The number of esters is 1. The van der Waals surface area contributed by atoms with Crippen LogP contribution in [0.5, 0.6) is 0 Å². The lowest BCUT2D eigenvalue weighted by Gasteiger charge is -2.34. The van der Waals surface area contributed by atoms with E-state index in [0.717, 1.165) is 25.9 Å². The largest absolute Gasteiger partial charge is 0.462 e. The number of aromatic nitrogens is 3. The zero-order chi connectivity index (χ0) is 15.4. The van der Waals surface area contributed by atoms with Crippen molar-refractivity contribution in [2.24, 2.45) is 0 Å². The van der Waals surface area contributed by atoms with Gasteiger partial charge in [0, 0.05) is 31.7 Å². The van der Waals surface area contributed by atoms with Gasteiger partial charge in [-0.15, -0.1) is 0 Å². The third-order valence-corrected chi connectivity index (χ3v) is 3.88. The summed E-state index contributed by atoms with van der Waals surface area (Å²) < 4.78 is 7.12. The Labute approximate surface area is 129 Å². The SMILES string of the molecule is CCOC(=O)c1cccnc1N1CCC[C@@H](n2cccn2)C1. The molecule has 1 saturated heterocycles. The van der Waals surface area contributed by atoms with Gasteiger partial charge in [-0.25, -0.2) is 9.78 Å².